The maximum absolute atomic E-state index is 12.1. The van der Waals surface area contributed by atoms with E-state index in [-0.39, 0.29) is 23.2 Å². The molecule has 0 fully saturated rings. The molecule has 0 saturated carbocycles. The third-order valence-electron chi connectivity index (χ3n) is 3.96. The number of H-pyrrole nitrogens is 1. The van der Waals surface area contributed by atoms with E-state index in [0.717, 1.165) is 19.5 Å². The highest BCUT2D eigenvalue weighted by Crippen LogP contribution is 2.29. The summed E-state index contributed by atoms with van der Waals surface area (Å²) in [5.74, 6) is 0.765. The predicted octanol–water partition coefficient (Wildman–Crippen LogP) is 3.62. The number of carbonyl (C=O) groups excluding carboxylic acids is 1. The molecule has 0 unspecified atom stereocenters. The van der Waals surface area contributed by atoms with E-state index in [0.29, 0.717) is 11.3 Å². The van der Waals surface area contributed by atoms with Crippen LogP contribution in [0.3, 0.4) is 0 Å². The largest absolute Gasteiger partial charge is 0.870 e. The highest BCUT2D eigenvalue weighted by atomic mass is 35.5. The summed E-state index contributed by atoms with van der Waals surface area (Å²) >= 11 is 10.4. The number of hydrazone groups is 1. The molecule has 0 aliphatic carbocycles. The summed E-state index contributed by atoms with van der Waals surface area (Å²) in [6.45, 7) is 1.74. The van der Waals surface area contributed by atoms with Crippen molar-refractivity contribution in [2.24, 2.45) is 5.10 Å². The van der Waals surface area contributed by atoms with Gasteiger partial charge in [-0.2, -0.15) is 5.10 Å². The minimum Gasteiger partial charge on any atom is -0.870 e. The number of hydrogen-bond donors (Lipinski definition) is 1. The first-order valence-electron chi connectivity index (χ1n) is 9.01. The van der Waals surface area contributed by atoms with Gasteiger partial charge in [0.2, 0.25) is 4.34 Å². The Morgan fingerprint density at radius 3 is 2.81 bits per heavy atom. The second-order valence-electron chi connectivity index (χ2n) is 6.18. The number of carbonyl (C=O) groups is 1. The number of hydrogen-bond acceptors (Lipinski definition) is 8. The lowest BCUT2D eigenvalue weighted by Crippen LogP contribution is -2.21. The minimum absolute atomic E-state index is 0.183. The van der Waals surface area contributed by atoms with Gasteiger partial charge in [0.05, 0.1) is 18.6 Å². The van der Waals surface area contributed by atoms with Gasteiger partial charge in [-0.15, -0.1) is 0 Å². The molecule has 11 heteroatoms. The number of ether oxygens (including phenoxy) is 1. The first-order valence-corrected chi connectivity index (χ1v) is 12.2. The molecule has 162 valence electrons. The number of methoxy groups -OCH3 is 1. The molecule has 0 radical (unpaired) electrons. The highest BCUT2D eigenvalue weighted by molar-refractivity contribution is 8.03. The van der Waals surface area contributed by atoms with Crippen molar-refractivity contribution in [1.29, 1.82) is 0 Å². The van der Waals surface area contributed by atoms with E-state index in [1.807, 2.05) is 24.3 Å². The average Bonchev–Trinajstić information content (AvgIpc) is 3.24. The van der Waals surface area contributed by atoms with Gasteiger partial charge in [-0.3, -0.25) is 4.79 Å². The topological polar surface area (TPSA) is 101 Å². The minimum atomic E-state index is -0.248. The van der Waals surface area contributed by atoms with E-state index in [4.69, 9.17) is 16.3 Å². The van der Waals surface area contributed by atoms with Crippen molar-refractivity contribution in [3.63, 3.8) is 0 Å². The van der Waals surface area contributed by atoms with Gasteiger partial charge in [-0.25, -0.2) is 5.43 Å². The molecule has 0 atom stereocenters. The average molecular weight is 495 g/mol. The van der Waals surface area contributed by atoms with Crippen LogP contribution in [-0.2, 0) is 10.5 Å². The first-order chi connectivity index (χ1) is 14.9. The van der Waals surface area contributed by atoms with Gasteiger partial charge in [-0.1, -0.05) is 58.5 Å². The number of nitrogens with one attached hydrogen (secondary N) is 2. The summed E-state index contributed by atoms with van der Waals surface area (Å²) in [5, 5.41) is 23.6. The van der Waals surface area contributed by atoms with Crippen LogP contribution in [0.5, 0.6) is 11.5 Å². The summed E-state index contributed by atoms with van der Waals surface area (Å²) in [6, 6.07) is 12.4. The SMILES string of the molecule is COc1cc(/C(C)=N\NC(=O)CSc2n[nH+]c(SCc3ccc(Cl)cc3)s2)ccc1[O-]. The molecule has 1 amide bonds. The molecule has 1 heterocycles. The van der Waals surface area contributed by atoms with Crippen LogP contribution in [0.15, 0.2) is 56.2 Å². The molecule has 3 aromatic rings. The number of nitrogens with zero attached hydrogens (tertiary/aromatic N) is 2. The van der Waals surface area contributed by atoms with Gasteiger partial charge in [0.15, 0.2) is 0 Å². The highest BCUT2D eigenvalue weighted by Gasteiger charge is 2.14. The molecule has 2 N–H and O–H groups in total. The molecule has 0 aliphatic heterocycles. The Morgan fingerprint density at radius 1 is 1.29 bits per heavy atom. The van der Waals surface area contributed by atoms with Crippen molar-refractivity contribution in [2.45, 2.75) is 21.4 Å². The Balaban J connectivity index is 1.46. The fourth-order valence-corrected chi connectivity index (χ4v) is 5.30. The van der Waals surface area contributed by atoms with E-state index >= 15 is 0 Å². The lowest BCUT2D eigenvalue weighted by molar-refractivity contribution is -0.492. The molecular weight excluding hydrogens is 476 g/mol. The predicted molar refractivity (Wildman–Crippen MR) is 123 cm³/mol. The maximum atomic E-state index is 12.1. The fraction of sp³-hybridized carbons (Fsp3) is 0.200. The Labute approximate surface area is 197 Å². The Morgan fingerprint density at radius 2 is 2.06 bits per heavy atom. The Hall–Kier alpha value is -2.27. The van der Waals surface area contributed by atoms with Crippen LogP contribution in [0.2, 0.25) is 5.02 Å². The number of halogens is 1. The van der Waals surface area contributed by atoms with Crippen molar-refractivity contribution in [3.8, 4) is 11.5 Å². The van der Waals surface area contributed by atoms with E-state index in [1.54, 1.807) is 30.8 Å². The van der Waals surface area contributed by atoms with E-state index in [2.05, 4.69) is 20.7 Å². The summed E-state index contributed by atoms with van der Waals surface area (Å²) in [5.41, 5.74) is 4.95. The van der Waals surface area contributed by atoms with Crippen LogP contribution < -0.4 is 20.4 Å². The quantitative estimate of drug-likeness (QED) is 0.277. The first kappa shape index (κ1) is 23.4. The molecule has 0 spiro atoms. The summed E-state index contributed by atoms with van der Waals surface area (Å²) in [4.78, 5) is 12.1. The van der Waals surface area contributed by atoms with E-state index < -0.39 is 0 Å². The van der Waals surface area contributed by atoms with Gasteiger partial charge in [0, 0.05) is 21.4 Å². The van der Waals surface area contributed by atoms with Crippen LogP contribution in [0, 0.1) is 0 Å². The van der Waals surface area contributed by atoms with Gasteiger partial charge in [-0.05, 0) is 53.8 Å². The van der Waals surface area contributed by atoms with Crippen LogP contribution in [0.1, 0.15) is 18.1 Å². The van der Waals surface area contributed by atoms with E-state index in [9.17, 15) is 9.90 Å². The van der Waals surface area contributed by atoms with Gasteiger partial charge >= 0.3 is 4.34 Å². The normalized spacial score (nSPS) is 11.4. The summed E-state index contributed by atoms with van der Waals surface area (Å²) in [7, 11) is 1.43. The molecule has 31 heavy (non-hydrogen) atoms. The lowest BCUT2D eigenvalue weighted by atomic mass is 10.1. The fourth-order valence-electron chi connectivity index (χ4n) is 2.33. The van der Waals surface area contributed by atoms with Crippen molar-refractivity contribution >= 4 is 58.1 Å². The standard InChI is InChI=1S/C20H19ClN4O3S3/c1-12(14-5-8-16(26)17(9-14)28-2)22-23-18(27)11-30-20-25-24-19(31-20)29-10-13-3-6-15(21)7-4-13/h3-9,26H,10-11H2,1-2H3,(H,23,27)/b22-12-. The van der Waals surface area contributed by atoms with Crippen LogP contribution in [0.25, 0.3) is 0 Å². The van der Waals surface area contributed by atoms with Gasteiger partial charge < -0.3 is 9.84 Å². The Kier molecular flexibility index (Phi) is 8.59. The zero-order valence-corrected chi connectivity index (χ0v) is 19.9. The number of rotatable bonds is 9. The molecule has 0 saturated heterocycles. The molecular formula is C20H19ClN4O3S3. The zero-order valence-electron chi connectivity index (χ0n) is 16.7. The second kappa shape index (κ2) is 11.4. The number of thioether (sulfide) groups is 2. The van der Waals surface area contributed by atoms with Gasteiger partial charge in [0.1, 0.15) is 5.75 Å². The third kappa shape index (κ3) is 7.13. The Bertz CT molecular complexity index is 1070. The maximum Gasteiger partial charge on any atom is 0.323 e. The van der Waals surface area contributed by atoms with Gasteiger partial charge in [0.25, 0.3) is 5.91 Å². The molecule has 0 bridgehead atoms. The zero-order chi connectivity index (χ0) is 22.2. The van der Waals surface area contributed by atoms with Crippen molar-refractivity contribution in [3.05, 3.63) is 58.6 Å². The number of benzene rings is 2. The van der Waals surface area contributed by atoms with Crippen molar-refractivity contribution < 1.29 is 19.7 Å². The summed E-state index contributed by atoms with van der Waals surface area (Å²) in [6.07, 6.45) is 0. The van der Waals surface area contributed by atoms with Crippen LogP contribution in [-0.4, -0.2) is 29.6 Å². The van der Waals surface area contributed by atoms with Crippen molar-refractivity contribution in [2.75, 3.05) is 12.9 Å². The third-order valence-corrected chi connectivity index (χ3v) is 7.54. The summed E-state index contributed by atoms with van der Waals surface area (Å²) < 4.78 is 6.75. The number of aromatic nitrogens is 2. The molecule has 0 aliphatic rings. The molecule has 2 aromatic carbocycles. The second-order valence-corrected chi connectivity index (χ2v) is 10.1. The molecule has 7 nitrogen and oxygen atoms in total. The van der Waals surface area contributed by atoms with E-state index in [1.165, 1.54) is 41.8 Å². The van der Waals surface area contributed by atoms with Crippen LogP contribution in [0.4, 0.5) is 0 Å². The lowest BCUT2D eigenvalue weighted by Gasteiger charge is -2.13. The van der Waals surface area contributed by atoms with Crippen molar-refractivity contribution in [1.82, 2.24) is 10.5 Å². The number of amides is 1. The number of aromatic amines is 1. The smallest absolute Gasteiger partial charge is 0.323 e. The monoisotopic (exact) mass is 494 g/mol. The molecule has 3 rings (SSSR count). The molecule has 1 aromatic heterocycles. The van der Waals surface area contributed by atoms with Crippen LogP contribution >= 0.6 is 46.5 Å².